The van der Waals surface area contributed by atoms with Gasteiger partial charge in [0.25, 0.3) is 0 Å². The van der Waals surface area contributed by atoms with Gasteiger partial charge in [-0.15, -0.1) is 0 Å². The van der Waals surface area contributed by atoms with Crippen molar-refractivity contribution in [1.29, 1.82) is 0 Å². The van der Waals surface area contributed by atoms with E-state index in [2.05, 4.69) is 10.1 Å². The third-order valence-electron chi connectivity index (χ3n) is 2.76. The maximum atomic E-state index is 11.8. The van der Waals surface area contributed by atoms with Crippen LogP contribution in [-0.2, 0) is 9.53 Å². The predicted molar refractivity (Wildman–Crippen MR) is 60.1 cm³/mol. The Labute approximate surface area is 96.1 Å². The molecule has 92 valence electrons. The number of methoxy groups -OCH3 is 1. The van der Waals surface area contributed by atoms with E-state index in [1.54, 1.807) is 0 Å². The van der Waals surface area contributed by atoms with Crippen LogP contribution in [0.15, 0.2) is 0 Å². The molecule has 1 N–H and O–H groups in total. The Morgan fingerprint density at radius 3 is 2.56 bits per heavy atom. The normalized spacial score (nSPS) is 15.1. The van der Waals surface area contributed by atoms with Crippen molar-refractivity contribution < 1.29 is 14.3 Å². The van der Waals surface area contributed by atoms with E-state index in [0.29, 0.717) is 12.6 Å². The number of hydrogen-bond acceptors (Lipinski definition) is 3. The van der Waals surface area contributed by atoms with Gasteiger partial charge in [0, 0.05) is 12.6 Å². The summed E-state index contributed by atoms with van der Waals surface area (Å²) in [4.78, 5) is 24.4. The van der Waals surface area contributed by atoms with Crippen LogP contribution in [0.1, 0.15) is 32.6 Å². The number of urea groups is 1. The van der Waals surface area contributed by atoms with Crippen LogP contribution in [0.3, 0.4) is 0 Å². The van der Waals surface area contributed by atoms with Crippen molar-refractivity contribution in [2.24, 2.45) is 0 Å². The molecule has 2 amide bonds. The van der Waals surface area contributed by atoms with Crippen molar-refractivity contribution in [3.05, 3.63) is 0 Å². The van der Waals surface area contributed by atoms with Crippen molar-refractivity contribution in [1.82, 2.24) is 10.2 Å². The summed E-state index contributed by atoms with van der Waals surface area (Å²) in [5.74, 6) is -0.378. The predicted octanol–water partition coefficient (Wildman–Crippen LogP) is 1.13. The number of amides is 2. The molecule has 1 aliphatic rings. The summed E-state index contributed by atoms with van der Waals surface area (Å²) < 4.78 is 4.56. The Bertz CT molecular complexity index is 252. The van der Waals surface area contributed by atoms with E-state index in [1.807, 2.05) is 6.92 Å². The van der Waals surface area contributed by atoms with Gasteiger partial charge in [0.05, 0.1) is 7.11 Å². The molecule has 0 aliphatic heterocycles. The highest BCUT2D eigenvalue weighted by Gasteiger charge is 2.23. The second-order valence-corrected chi connectivity index (χ2v) is 4.08. The molecule has 0 saturated heterocycles. The van der Waals surface area contributed by atoms with Crippen molar-refractivity contribution >= 4 is 12.0 Å². The highest BCUT2D eigenvalue weighted by Crippen LogP contribution is 2.18. The standard InChI is InChI=1S/C11H20N2O3/c1-3-7-13(8-10(14)16-2)11(15)12-9-5-4-6-9/h9H,3-8H2,1-2H3,(H,12,15). The van der Waals surface area contributed by atoms with E-state index in [-0.39, 0.29) is 18.5 Å². The summed E-state index contributed by atoms with van der Waals surface area (Å²) in [5.41, 5.74) is 0. The number of carbonyl (C=O) groups is 2. The molecule has 0 atom stereocenters. The topological polar surface area (TPSA) is 58.6 Å². The van der Waals surface area contributed by atoms with Crippen molar-refractivity contribution in [3.8, 4) is 0 Å². The minimum Gasteiger partial charge on any atom is -0.468 e. The smallest absolute Gasteiger partial charge is 0.325 e. The number of rotatable bonds is 5. The summed E-state index contributed by atoms with van der Waals surface area (Å²) in [6, 6.07) is 0.140. The quantitative estimate of drug-likeness (QED) is 0.718. The van der Waals surface area contributed by atoms with Crippen LogP contribution in [0.2, 0.25) is 0 Å². The highest BCUT2D eigenvalue weighted by molar-refractivity contribution is 5.81. The lowest BCUT2D eigenvalue weighted by molar-refractivity contribution is -0.141. The molecule has 1 aliphatic carbocycles. The van der Waals surface area contributed by atoms with Gasteiger partial charge in [0.2, 0.25) is 0 Å². The van der Waals surface area contributed by atoms with Crippen LogP contribution in [0.25, 0.3) is 0 Å². The van der Waals surface area contributed by atoms with Gasteiger partial charge in [0.1, 0.15) is 6.54 Å². The Balaban J connectivity index is 2.40. The zero-order valence-corrected chi connectivity index (χ0v) is 9.99. The summed E-state index contributed by atoms with van der Waals surface area (Å²) in [7, 11) is 1.33. The molecule has 0 radical (unpaired) electrons. The van der Waals surface area contributed by atoms with Crippen LogP contribution < -0.4 is 5.32 Å². The lowest BCUT2D eigenvalue weighted by Gasteiger charge is -2.30. The fourth-order valence-corrected chi connectivity index (χ4v) is 1.56. The summed E-state index contributed by atoms with van der Waals surface area (Å²) >= 11 is 0. The van der Waals surface area contributed by atoms with E-state index in [1.165, 1.54) is 18.4 Å². The molecule has 0 bridgehead atoms. The van der Waals surface area contributed by atoms with Gasteiger partial charge in [-0.1, -0.05) is 6.92 Å². The van der Waals surface area contributed by atoms with E-state index in [9.17, 15) is 9.59 Å². The van der Waals surface area contributed by atoms with Gasteiger partial charge in [-0.2, -0.15) is 0 Å². The first-order valence-corrected chi connectivity index (χ1v) is 5.79. The number of nitrogens with one attached hydrogen (secondary N) is 1. The van der Waals surface area contributed by atoms with E-state index < -0.39 is 0 Å². The summed E-state index contributed by atoms with van der Waals surface area (Å²) in [5, 5.41) is 2.91. The molecule has 0 aromatic rings. The number of carbonyl (C=O) groups excluding carboxylic acids is 2. The van der Waals surface area contributed by atoms with Gasteiger partial charge >= 0.3 is 12.0 Å². The molecule has 1 saturated carbocycles. The average Bonchev–Trinajstić information content (AvgIpc) is 2.22. The number of esters is 1. The average molecular weight is 228 g/mol. The monoisotopic (exact) mass is 228 g/mol. The molecule has 0 spiro atoms. The molecular formula is C11H20N2O3. The number of hydrogen-bond donors (Lipinski definition) is 1. The van der Waals surface area contributed by atoms with E-state index in [0.717, 1.165) is 19.3 Å². The largest absolute Gasteiger partial charge is 0.468 e. The fraction of sp³-hybridized carbons (Fsp3) is 0.818. The van der Waals surface area contributed by atoms with Crippen LogP contribution in [-0.4, -0.2) is 43.1 Å². The molecule has 1 rings (SSSR count). The van der Waals surface area contributed by atoms with Crippen molar-refractivity contribution in [2.45, 2.75) is 38.6 Å². The number of ether oxygens (including phenoxy) is 1. The van der Waals surface area contributed by atoms with Gasteiger partial charge < -0.3 is 15.0 Å². The lowest BCUT2D eigenvalue weighted by atomic mass is 9.93. The first-order valence-electron chi connectivity index (χ1n) is 5.79. The zero-order chi connectivity index (χ0) is 12.0. The van der Waals surface area contributed by atoms with Gasteiger partial charge in [0.15, 0.2) is 0 Å². The molecule has 0 aromatic heterocycles. The Hall–Kier alpha value is -1.26. The molecular weight excluding hydrogens is 208 g/mol. The number of nitrogens with zero attached hydrogens (tertiary/aromatic N) is 1. The Morgan fingerprint density at radius 1 is 1.44 bits per heavy atom. The van der Waals surface area contributed by atoms with Crippen LogP contribution >= 0.6 is 0 Å². The fourth-order valence-electron chi connectivity index (χ4n) is 1.56. The molecule has 5 nitrogen and oxygen atoms in total. The van der Waals surface area contributed by atoms with E-state index >= 15 is 0 Å². The molecule has 0 heterocycles. The minimum absolute atomic E-state index is 0.0306. The Morgan fingerprint density at radius 2 is 2.12 bits per heavy atom. The molecule has 0 unspecified atom stereocenters. The maximum Gasteiger partial charge on any atom is 0.325 e. The van der Waals surface area contributed by atoms with Gasteiger partial charge in [-0.3, -0.25) is 4.79 Å². The molecule has 1 fully saturated rings. The van der Waals surface area contributed by atoms with Crippen molar-refractivity contribution in [2.75, 3.05) is 20.2 Å². The Kier molecular flexibility index (Phi) is 5.08. The molecule has 0 aromatic carbocycles. The van der Waals surface area contributed by atoms with E-state index in [4.69, 9.17) is 0 Å². The van der Waals surface area contributed by atoms with Crippen LogP contribution in [0.4, 0.5) is 4.79 Å². The third-order valence-corrected chi connectivity index (χ3v) is 2.76. The summed E-state index contributed by atoms with van der Waals surface area (Å²) in [6.07, 6.45) is 4.10. The van der Waals surface area contributed by atoms with Crippen molar-refractivity contribution in [3.63, 3.8) is 0 Å². The van der Waals surface area contributed by atoms with Gasteiger partial charge in [-0.25, -0.2) is 4.79 Å². The third kappa shape index (κ3) is 3.72. The van der Waals surface area contributed by atoms with Gasteiger partial charge in [-0.05, 0) is 25.7 Å². The zero-order valence-electron chi connectivity index (χ0n) is 9.99. The van der Waals surface area contributed by atoms with Crippen LogP contribution in [0.5, 0.6) is 0 Å². The molecule has 16 heavy (non-hydrogen) atoms. The maximum absolute atomic E-state index is 11.8. The summed E-state index contributed by atoms with van der Waals surface area (Å²) in [6.45, 7) is 2.58. The molecule has 5 heteroatoms. The first kappa shape index (κ1) is 12.8. The lowest BCUT2D eigenvalue weighted by Crippen LogP contribution is -2.49. The minimum atomic E-state index is -0.378. The highest BCUT2D eigenvalue weighted by atomic mass is 16.5. The second kappa shape index (κ2) is 6.35. The second-order valence-electron chi connectivity index (χ2n) is 4.08. The SMILES string of the molecule is CCCN(CC(=O)OC)C(=O)NC1CCC1. The first-order chi connectivity index (χ1) is 7.67. The van der Waals surface area contributed by atoms with Crippen LogP contribution in [0, 0.1) is 0 Å².